The highest BCUT2D eigenvalue weighted by Gasteiger charge is 2.40. The molecule has 15 heteroatoms. The number of ether oxygens (including phenoxy) is 3. The number of nitrogens with one attached hydrogen (secondary N) is 1. The van der Waals surface area contributed by atoms with Crippen molar-refractivity contribution in [1.82, 2.24) is 0 Å². The van der Waals surface area contributed by atoms with Crippen LogP contribution in [-0.2, 0) is 40.1 Å². The summed E-state index contributed by atoms with van der Waals surface area (Å²) < 4.78 is 69.1. The topological polar surface area (TPSA) is 210 Å². The number of carbonyl (C=O) groups excluding carboxylic acids is 1. The number of methoxy groups -OCH3 is 1. The molecule has 0 aliphatic heterocycles. The number of carbonyl (C=O) groups is 2. The Hall–Kier alpha value is -5.64. The zero-order chi connectivity index (χ0) is 39.1. The first-order valence-corrected chi connectivity index (χ1v) is 18.7. The Kier molecular flexibility index (Phi) is 12.7. The molecule has 0 saturated heterocycles. The number of aliphatic carboxylic acids is 1. The molecule has 13 nitrogen and oxygen atoms in total. The predicted octanol–water partition coefficient (Wildman–Crippen LogP) is 5.83. The fourth-order valence-electron chi connectivity index (χ4n) is 4.83. The number of hydrogen-bond acceptors (Lipinski definition) is 11. The molecule has 2 unspecified atom stereocenters. The first-order valence-electron chi connectivity index (χ1n) is 15.6. The summed E-state index contributed by atoms with van der Waals surface area (Å²) in [7, 11) is -6.68. The van der Waals surface area contributed by atoms with Gasteiger partial charge in [0, 0.05) is 45.8 Å². The molecule has 0 radical (unpaired) electrons. The highest BCUT2D eigenvalue weighted by Crippen LogP contribution is 2.37. The number of allylic oxidation sites excluding steroid dienone is 2. The van der Waals surface area contributed by atoms with Gasteiger partial charge in [-0.15, -0.1) is 0 Å². The maximum absolute atomic E-state index is 14.1. The summed E-state index contributed by atoms with van der Waals surface area (Å²) in [6, 6.07) is 17.1. The number of amides is 1. The summed E-state index contributed by atoms with van der Waals surface area (Å²) in [6.45, 7) is 10.5. The van der Waals surface area contributed by atoms with Gasteiger partial charge in [-0.1, -0.05) is 47.6 Å². The number of nitrogens with zero attached hydrogens (tertiary/aromatic N) is 2. The van der Waals surface area contributed by atoms with Crippen molar-refractivity contribution >= 4 is 37.2 Å². The largest absolute Gasteiger partial charge is 0.497 e. The van der Waals surface area contributed by atoms with Gasteiger partial charge in [-0.05, 0) is 59.4 Å². The van der Waals surface area contributed by atoms with Gasteiger partial charge in [-0.25, -0.2) is 21.6 Å². The zero-order valence-electron chi connectivity index (χ0n) is 29.6. The molecule has 274 valence electrons. The highest BCUT2D eigenvalue weighted by molar-refractivity contribution is 7.94. The molecule has 52 heavy (non-hydrogen) atoms. The minimum atomic E-state index is -4.05. The van der Waals surface area contributed by atoms with Crippen LogP contribution in [0.1, 0.15) is 52.7 Å². The lowest BCUT2D eigenvalue weighted by atomic mass is 9.86. The minimum Gasteiger partial charge on any atom is -0.497 e. The molecule has 2 atom stereocenters. The molecule has 0 fully saturated rings. The lowest BCUT2D eigenvalue weighted by Gasteiger charge is -2.30. The van der Waals surface area contributed by atoms with Gasteiger partial charge in [0.2, 0.25) is 31.9 Å². The van der Waals surface area contributed by atoms with Crippen LogP contribution >= 0.6 is 0 Å². The van der Waals surface area contributed by atoms with E-state index in [4.69, 9.17) is 24.7 Å². The predicted molar refractivity (Wildman–Crippen MR) is 192 cm³/mol. The molecule has 3 aromatic rings. The number of carboxylic acid groups (broad SMARTS) is 1. The maximum Gasteiger partial charge on any atom is 0.349 e. The smallest absolute Gasteiger partial charge is 0.349 e. The summed E-state index contributed by atoms with van der Waals surface area (Å²) in [5.74, 6) is -2.26. The molecule has 0 spiro atoms. The van der Waals surface area contributed by atoms with Crippen molar-refractivity contribution in [1.29, 1.82) is 10.5 Å². The van der Waals surface area contributed by atoms with E-state index in [0.717, 1.165) is 23.0 Å². The van der Waals surface area contributed by atoms with Gasteiger partial charge in [0.1, 0.15) is 17.2 Å². The molecular weight excluding hydrogens is 711 g/mol. The number of benzene rings is 3. The van der Waals surface area contributed by atoms with E-state index in [-0.39, 0.29) is 38.1 Å². The molecule has 0 bridgehead atoms. The third kappa shape index (κ3) is 10.2. The van der Waals surface area contributed by atoms with Gasteiger partial charge in [0.15, 0.2) is 0 Å². The Morgan fingerprint density at radius 1 is 0.750 bits per heavy atom. The van der Waals surface area contributed by atoms with E-state index < -0.39 is 54.6 Å². The zero-order valence-corrected chi connectivity index (χ0v) is 31.2. The molecule has 0 heterocycles. The Balaban J connectivity index is 2.24. The molecule has 1 amide bonds. The molecule has 0 aliphatic rings. The quantitative estimate of drug-likeness (QED) is 0.198. The number of sulfone groups is 2. The Morgan fingerprint density at radius 3 is 1.62 bits per heavy atom. The number of carboxylic acids is 1. The van der Waals surface area contributed by atoms with Gasteiger partial charge < -0.3 is 24.6 Å². The number of nitriles is 2. The van der Waals surface area contributed by atoms with Gasteiger partial charge in [-0.2, -0.15) is 10.5 Å². The molecular formula is C37H39N3O10S2. The normalized spacial score (nSPS) is 13.5. The highest BCUT2D eigenvalue weighted by atomic mass is 32.2. The lowest BCUT2D eigenvalue weighted by Crippen LogP contribution is -2.50. The first-order chi connectivity index (χ1) is 24.1. The first kappa shape index (κ1) is 40.8. The number of anilines is 1. The fraction of sp³-hybridized carbons (Fsp3) is 0.297. The van der Waals surface area contributed by atoms with Crippen LogP contribution in [0.4, 0.5) is 5.69 Å². The van der Waals surface area contributed by atoms with Crippen molar-refractivity contribution in [3.05, 3.63) is 94.8 Å². The minimum absolute atomic E-state index is 0.0295. The number of rotatable bonds is 13. The Labute approximate surface area is 303 Å². The van der Waals surface area contributed by atoms with E-state index >= 15 is 0 Å². The lowest BCUT2D eigenvalue weighted by molar-refractivity contribution is -0.153. The van der Waals surface area contributed by atoms with Crippen LogP contribution in [-0.4, -0.2) is 53.1 Å². The SMILES string of the molecule is COc1cccc(NC(=O)C(Oc2ccc(S(=O)(=O)C=CC#N)cc2C(C)(C)C)C(Oc2ccc(S(=O)(=O)C=CC#N)cc2C(C)(C)C)C(=O)O)c1. The van der Waals surface area contributed by atoms with Crippen molar-refractivity contribution in [3.8, 4) is 29.4 Å². The van der Waals surface area contributed by atoms with E-state index in [2.05, 4.69) is 5.32 Å². The van der Waals surface area contributed by atoms with Crippen LogP contribution in [0.5, 0.6) is 17.2 Å². The van der Waals surface area contributed by atoms with Gasteiger partial charge >= 0.3 is 5.97 Å². The third-order valence-electron chi connectivity index (χ3n) is 7.44. The molecule has 0 aromatic heterocycles. The Morgan fingerprint density at radius 2 is 1.21 bits per heavy atom. The van der Waals surface area contributed by atoms with E-state index in [1.54, 1.807) is 71.9 Å². The van der Waals surface area contributed by atoms with Crippen molar-refractivity contribution in [2.75, 3.05) is 12.4 Å². The standard InChI is InChI=1S/C37H39N3O10S2/c1-36(2,3)28-22-26(51(44,45)19-9-17-38)13-15-30(28)49-32(34(41)40-24-11-8-12-25(21-24)48-7)33(35(42)43)50-31-16-14-27(23-29(31)37(4,5)6)52(46,47)20-10-18-39/h8-16,19-23,32-33H,1-7H3,(H,40,41)(H,42,43). The van der Waals surface area contributed by atoms with Crippen LogP contribution in [0, 0.1) is 22.7 Å². The van der Waals surface area contributed by atoms with Crippen LogP contribution in [0.3, 0.4) is 0 Å². The molecule has 0 aliphatic carbocycles. The van der Waals surface area contributed by atoms with Crippen molar-refractivity contribution < 1.29 is 45.7 Å². The average molecular weight is 750 g/mol. The van der Waals surface area contributed by atoms with Crippen molar-refractivity contribution in [3.63, 3.8) is 0 Å². The molecule has 3 rings (SSSR count). The summed E-state index contributed by atoms with van der Waals surface area (Å²) in [4.78, 5) is 26.7. The third-order valence-corrected chi connectivity index (χ3v) is 10.3. The van der Waals surface area contributed by atoms with Crippen LogP contribution in [0.2, 0.25) is 0 Å². The second-order valence-corrected chi connectivity index (χ2v) is 17.1. The van der Waals surface area contributed by atoms with Crippen LogP contribution in [0.15, 0.2) is 93.4 Å². The summed E-state index contributed by atoms with van der Waals surface area (Å²) >= 11 is 0. The second-order valence-electron chi connectivity index (χ2n) is 13.4. The fourth-order valence-corrected chi connectivity index (χ4v) is 6.70. The number of hydrogen-bond donors (Lipinski definition) is 2. The van der Waals surface area contributed by atoms with Crippen molar-refractivity contribution in [2.24, 2.45) is 0 Å². The maximum atomic E-state index is 14.1. The van der Waals surface area contributed by atoms with E-state index in [9.17, 15) is 31.5 Å². The summed E-state index contributed by atoms with van der Waals surface area (Å²) in [6.07, 6.45) is -2.35. The molecule has 2 N–H and O–H groups in total. The summed E-state index contributed by atoms with van der Waals surface area (Å²) in [5, 5.41) is 32.4. The van der Waals surface area contributed by atoms with Crippen molar-refractivity contribution in [2.45, 2.75) is 74.4 Å². The molecule has 3 aromatic carbocycles. The Bertz CT molecular complexity index is 2200. The second kappa shape index (κ2) is 16.1. The van der Waals surface area contributed by atoms with E-state index in [1.165, 1.54) is 49.6 Å². The van der Waals surface area contributed by atoms with Crippen LogP contribution in [0.25, 0.3) is 0 Å². The summed E-state index contributed by atoms with van der Waals surface area (Å²) in [5.41, 5.74) is -0.833. The van der Waals surface area contributed by atoms with Gasteiger partial charge in [0.05, 0.1) is 29.0 Å². The van der Waals surface area contributed by atoms with Gasteiger partial charge in [0.25, 0.3) is 5.91 Å². The average Bonchev–Trinajstić information content (AvgIpc) is 3.07. The van der Waals surface area contributed by atoms with E-state index in [0.29, 0.717) is 5.75 Å². The van der Waals surface area contributed by atoms with Gasteiger partial charge in [-0.3, -0.25) is 4.79 Å². The molecule has 0 saturated carbocycles. The monoisotopic (exact) mass is 749 g/mol. The van der Waals surface area contributed by atoms with E-state index in [1.807, 2.05) is 0 Å². The van der Waals surface area contributed by atoms with Crippen LogP contribution < -0.4 is 19.5 Å².